The Labute approximate surface area is 154 Å². The molecule has 0 aliphatic heterocycles. The number of sulfonamides is 1. The molecule has 3 aromatic heterocycles. The second kappa shape index (κ2) is 6.69. The van der Waals surface area contributed by atoms with Gasteiger partial charge < -0.3 is 9.30 Å². The van der Waals surface area contributed by atoms with E-state index in [0.717, 1.165) is 17.0 Å². The van der Waals surface area contributed by atoms with Crippen LogP contribution in [0.3, 0.4) is 0 Å². The molecular formula is C16H18N4O4S2. The molecule has 3 heterocycles. The van der Waals surface area contributed by atoms with Crippen molar-refractivity contribution in [2.45, 2.75) is 32.3 Å². The van der Waals surface area contributed by atoms with Crippen molar-refractivity contribution >= 4 is 43.2 Å². The summed E-state index contributed by atoms with van der Waals surface area (Å²) >= 11 is 1.08. The Morgan fingerprint density at radius 2 is 2.04 bits per heavy atom. The van der Waals surface area contributed by atoms with Gasteiger partial charge in [0.2, 0.25) is 0 Å². The number of anilines is 1. The smallest absolute Gasteiger partial charge is 0.350 e. The first-order chi connectivity index (χ1) is 12.3. The van der Waals surface area contributed by atoms with E-state index in [1.807, 2.05) is 13.8 Å². The standard InChI is InChI=1S/C16H18N4O4S2/c1-5-20-8-12(18-10(20)3)26(22,23)19-13-11-7-6-9(2)17-15(11)25-14(13)16(21)24-4/h6-8,19H,5H2,1-4H3. The van der Waals surface area contributed by atoms with Crippen LogP contribution in [0, 0.1) is 13.8 Å². The average molecular weight is 394 g/mol. The minimum atomic E-state index is -3.97. The van der Waals surface area contributed by atoms with E-state index >= 15 is 0 Å². The Kier molecular flexibility index (Phi) is 4.72. The number of carbonyl (C=O) groups excluding carboxylic acids is 1. The third-order valence-corrected chi connectivity index (χ3v) is 6.17. The Morgan fingerprint density at radius 1 is 1.31 bits per heavy atom. The lowest BCUT2D eigenvalue weighted by molar-refractivity contribution is 0.0607. The Hall–Kier alpha value is -2.46. The summed E-state index contributed by atoms with van der Waals surface area (Å²) in [5.41, 5.74) is 0.926. The fourth-order valence-electron chi connectivity index (χ4n) is 2.52. The van der Waals surface area contributed by atoms with E-state index in [9.17, 15) is 13.2 Å². The molecule has 1 N–H and O–H groups in total. The number of fused-ring (bicyclic) bond motifs is 1. The summed E-state index contributed by atoms with van der Waals surface area (Å²) in [6.07, 6.45) is 1.46. The number of hydrogen-bond acceptors (Lipinski definition) is 7. The number of imidazole rings is 1. The van der Waals surface area contributed by atoms with Crippen molar-refractivity contribution in [1.82, 2.24) is 14.5 Å². The average Bonchev–Trinajstić information content (AvgIpc) is 3.14. The minimum Gasteiger partial charge on any atom is -0.465 e. The van der Waals surface area contributed by atoms with Crippen LogP contribution in [-0.2, 0) is 21.3 Å². The largest absolute Gasteiger partial charge is 0.465 e. The van der Waals surface area contributed by atoms with Gasteiger partial charge in [-0.05, 0) is 32.9 Å². The first-order valence-corrected chi connectivity index (χ1v) is 10.1. The van der Waals surface area contributed by atoms with Crippen molar-refractivity contribution in [3.8, 4) is 0 Å². The maximum Gasteiger partial charge on any atom is 0.350 e. The van der Waals surface area contributed by atoms with E-state index in [1.165, 1.54) is 13.3 Å². The lowest BCUT2D eigenvalue weighted by atomic mass is 10.2. The maximum absolute atomic E-state index is 12.8. The van der Waals surface area contributed by atoms with Gasteiger partial charge in [0.15, 0.2) is 5.03 Å². The summed E-state index contributed by atoms with van der Waals surface area (Å²) in [7, 11) is -2.73. The first kappa shape index (κ1) is 18.3. The highest BCUT2D eigenvalue weighted by atomic mass is 32.2. The summed E-state index contributed by atoms with van der Waals surface area (Å²) in [5, 5.41) is 0.434. The Bertz CT molecular complexity index is 1100. The molecule has 26 heavy (non-hydrogen) atoms. The summed E-state index contributed by atoms with van der Waals surface area (Å²) in [6, 6.07) is 3.48. The lowest BCUT2D eigenvalue weighted by Crippen LogP contribution is -2.15. The summed E-state index contributed by atoms with van der Waals surface area (Å²) < 4.78 is 34.6. The number of nitrogens with one attached hydrogen (secondary N) is 1. The van der Waals surface area contributed by atoms with Crippen LogP contribution < -0.4 is 4.72 Å². The molecule has 0 aliphatic rings. The van der Waals surface area contributed by atoms with Gasteiger partial charge in [-0.1, -0.05) is 0 Å². The predicted molar refractivity (Wildman–Crippen MR) is 99.1 cm³/mol. The van der Waals surface area contributed by atoms with Crippen molar-refractivity contribution in [2.24, 2.45) is 0 Å². The normalized spacial score (nSPS) is 11.7. The van der Waals surface area contributed by atoms with Crippen LogP contribution in [-0.4, -0.2) is 36.0 Å². The molecule has 0 radical (unpaired) electrons. The van der Waals surface area contributed by atoms with Gasteiger partial charge in [0.05, 0.1) is 12.8 Å². The molecule has 0 bridgehead atoms. The van der Waals surface area contributed by atoms with Crippen LogP contribution in [0.4, 0.5) is 5.69 Å². The third-order valence-electron chi connectivity index (χ3n) is 3.87. The van der Waals surface area contributed by atoms with Crippen molar-refractivity contribution in [2.75, 3.05) is 11.8 Å². The Morgan fingerprint density at radius 3 is 2.65 bits per heavy atom. The number of ether oxygens (including phenoxy) is 1. The molecule has 0 atom stereocenters. The van der Waals surface area contributed by atoms with Gasteiger partial charge in [-0.15, -0.1) is 11.3 Å². The second-order valence-corrected chi connectivity index (χ2v) is 8.25. The summed E-state index contributed by atoms with van der Waals surface area (Å²) in [5.74, 6) is -0.0350. The van der Waals surface area contributed by atoms with Crippen LogP contribution >= 0.6 is 11.3 Å². The quantitative estimate of drug-likeness (QED) is 0.668. The van der Waals surface area contributed by atoms with E-state index < -0.39 is 16.0 Å². The molecule has 0 saturated carbocycles. The highest BCUT2D eigenvalue weighted by Crippen LogP contribution is 2.36. The third kappa shape index (κ3) is 3.17. The molecule has 10 heteroatoms. The number of carbonyl (C=O) groups is 1. The molecule has 0 saturated heterocycles. The molecule has 0 spiro atoms. The minimum absolute atomic E-state index is 0.105. The van der Waals surface area contributed by atoms with Crippen LogP contribution in [0.1, 0.15) is 28.1 Å². The summed E-state index contributed by atoms with van der Waals surface area (Å²) in [4.78, 5) is 21.3. The number of rotatable bonds is 5. The summed E-state index contributed by atoms with van der Waals surface area (Å²) in [6.45, 7) is 6.05. The zero-order valence-corrected chi connectivity index (χ0v) is 16.4. The number of thiophene rings is 1. The SMILES string of the molecule is CCn1cc(S(=O)(=O)Nc2c(C(=O)OC)sc3nc(C)ccc23)nc1C. The van der Waals surface area contributed by atoms with Crippen molar-refractivity contribution < 1.29 is 17.9 Å². The van der Waals surface area contributed by atoms with E-state index in [4.69, 9.17) is 4.74 Å². The molecular weight excluding hydrogens is 376 g/mol. The molecule has 0 amide bonds. The number of hydrogen-bond donors (Lipinski definition) is 1. The van der Waals surface area contributed by atoms with E-state index in [-0.39, 0.29) is 15.6 Å². The highest BCUT2D eigenvalue weighted by Gasteiger charge is 2.26. The van der Waals surface area contributed by atoms with Crippen LogP contribution in [0.15, 0.2) is 23.4 Å². The van der Waals surface area contributed by atoms with Gasteiger partial charge in [0.25, 0.3) is 10.0 Å². The zero-order chi connectivity index (χ0) is 19.1. The van der Waals surface area contributed by atoms with Crippen molar-refractivity contribution in [3.63, 3.8) is 0 Å². The molecule has 0 aromatic carbocycles. The molecule has 0 aliphatic carbocycles. The van der Waals surface area contributed by atoms with E-state index in [0.29, 0.717) is 22.6 Å². The van der Waals surface area contributed by atoms with Crippen molar-refractivity contribution in [1.29, 1.82) is 0 Å². The monoisotopic (exact) mass is 394 g/mol. The lowest BCUT2D eigenvalue weighted by Gasteiger charge is -2.07. The molecule has 3 rings (SSSR count). The fourth-order valence-corrected chi connectivity index (χ4v) is 4.79. The van der Waals surface area contributed by atoms with Gasteiger partial charge >= 0.3 is 5.97 Å². The second-order valence-electron chi connectivity index (χ2n) is 5.62. The van der Waals surface area contributed by atoms with Crippen molar-refractivity contribution in [3.05, 3.63) is 34.7 Å². The number of aromatic nitrogens is 3. The van der Waals surface area contributed by atoms with Crippen LogP contribution in [0.25, 0.3) is 10.2 Å². The number of nitrogens with zero attached hydrogens (tertiary/aromatic N) is 3. The maximum atomic E-state index is 12.8. The fraction of sp³-hybridized carbons (Fsp3) is 0.312. The molecule has 8 nitrogen and oxygen atoms in total. The highest BCUT2D eigenvalue weighted by molar-refractivity contribution is 7.92. The number of methoxy groups -OCH3 is 1. The number of esters is 1. The van der Waals surface area contributed by atoms with Gasteiger partial charge in [-0.25, -0.2) is 14.8 Å². The molecule has 0 unspecified atom stereocenters. The molecule has 138 valence electrons. The zero-order valence-electron chi connectivity index (χ0n) is 14.7. The first-order valence-electron chi connectivity index (χ1n) is 7.82. The van der Waals surface area contributed by atoms with Crippen LogP contribution in [0.5, 0.6) is 0 Å². The van der Waals surface area contributed by atoms with Gasteiger partial charge in [-0.3, -0.25) is 4.72 Å². The topological polar surface area (TPSA) is 103 Å². The molecule has 0 fully saturated rings. The molecule has 3 aromatic rings. The van der Waals surface area contributed by atoms with Crippen LogP contribution in [0.2, 0.25) is 0 Å². The van der Waals surface area contributed by atoms with Gasteiger partial charge in [0, 0.05) is 23.8 Å². The van der Waals surface area contributed by atoms with Gasteiger partial charge in [-0.2, -0.15) is 8.42 Å². The number of pyridine rings is 1. The predicted octanol–water partition coefficient (Wildman–Crippen LogP) is 2.72. The number of aryl methyl sites for hydroxylation is 3. The van der Waals surface area contributed by atoms with E-state index in [2.05, 4.69) is 14.7 Å². The van der Waals surface area contributed by atoms with Gasteiger partial charge in [0.1, 0.15) is 15.5 Å². The Balaban J connectivity index is 2.13. The van der Waals surface area contributed by atoms with E-state index in [1.54, 1.807) is 23.6 Å².